The zero-order chi connectivity index (χ0) is 10.4. The summed E-state index contributed by atoms with van der Waals surface area (Å²) in [5, 5.41) is 9.25. The van der Waals surface area contributed by atoms with Crippen molar-refractivity contribution in [1.29, 1.82) is 0 Å². The molecule has 2 atom stereocenters. The maximum absolute atomic E-state index is 11.0. The van der Waals surface area contributed by atoms with Gasteiger partial charge in [-0.2, -0.15) is 0 Å². The molecule has 0 spiro atoms. The summed E-state index contributed by atoms with van der Waals surface area (Å²) in [5.41, 5.74) is 0.281. The molecular weight excluding hydrogens is 168 g/mol. The van der Waals surface area contributed by atoms with Crippen molar-refractivity contribution in [3.05, 3.63) is 37.5 Å². The number of hydrogen-bond acceptors (Lipinski definition) is 3. The monoisotopic (exact) mass is 182 g/mol. The van der Waals surface area contributed by atoms with E-state index in [1.54, 1.807) is 0 Å². The molecule has 0 aliphatic heterocycles. The molecular formula is C10H14O3. The first-order chi connectivity index (χ1) is 6.02. The Hall–Kier alpha value is -1.35. The third kappa shape index (κ3) is 3.71. The van der Waals surface area contributed by atoms with E-state index in [0.29, 0.717) is 0 Å². The lowest BCUT2D eigenvalue weighted by atomic mass is 10.2. The fourth-order valence-electron chi connectivity index (χ4n) is 0.616. The summed E-state index contributed by atoms with van der Waals surface area (Å²) in [6.07, 6.45) is 0.924. The molecule has 0 aliphatic carbocycles. The minimum atomic E-state index is -0.930. The van der Waals surface area contributed by atoms with Gasteiger partial charge in [0.05, 0.1) is 0 Å². The third-order valence-corrected chi connectivity index (χ3v) is 1.40. The van der Waals surface area contributed by atoms with Crippen molar-refractivity contribution in [2.75, 3.05) is 0 Å². The van der Waals surface area contributed by atoms with Crippen LogP contribution in [-0.4, -0.2) is 23.3 Å². The third-order valence-electron chi connectivity index (χ3n) is 1.40. The second-order valence-electron chi connectivity index (χ2n) is 2.61. The van der Waals surface area contributed by atoms with Crippen LogP contribution < -0.4 is 0 Å². The molecule has 0 fully saturated rings. The SMILES string of the molecule is C=CC(O)C(C=C)OC(=O)C(=C)C. The van der Waals surface area contributed by atoms with Crippen molar-refractivity contribution in [1.82, 2.24) is 0 Å². The van der Waals surface area contributed by atoms with E-state index in [2.05, 4.69) is 19.7 Å². The summed E-state index contributed by atoms with van der Waals surface area (Å²) in [6, 6.07) is 0. The number of aliphatic hydroxyl groups is 1. The van der Waals surface area contributed by atoms with Gasteiger partial charge in [-0.1, -0.05) is 19.2 Å². The molecule has 0 rings (SSSR count). The second kappa shape index (κ2) is 5.32. The summed E-state index contributed by atoms with van der Waals surface area (Å²) < 4.78 is 4.84. The van der Waals surface area contributed by atoms with Gasteiger partial charge >= 0.3 is 5.97 Å². The van der Waals surface area contributed by atoms with E-state index >= 15 is 0 Å². The molecule has 3 heteroatoms. The molecule has 0 saturated heterocycles. The van der Waals surface area contributed by atoms with Gasteiger partial charge in [-0.25, -0.2) is 4.79 Å². The molecule has 0 aromatic rings. The Bertz CT molecular complexity index is 230. The Balaban J connectivity index is 4.28. The highest BCUT2D eigenvalue weighted by Gasteiger charge is 2.17. The van der Waals surface area contributed by atoms with Gasteiger partial charge in [0.2, 0.25) is 0 Å². The van der Waals surface area contributed by atoms with Crippen LogP contribution in [0.4, 0.5) is 0 Å². The second-order valence-corrected chi connectivity index (χ2v) is 2.61. The Morgan fingerprint density at radius 1 is 1.46 bits per heavy atom. The van der Waals surface area contributed by atoms with Crippen LogP contribution in [0.5, 0.6) is 0 Å². The Morgan fingerprint density at radius 3 is 2.31 bits per heavy atom. The van der Waals surface area contributed by atoms with Crippen LogP contribution in [-0.2, 0) is 9.53 Å². The normalized spacial score (nSPS) is 14.0. The van der Waals surface area contributed by atoms with Crippen molar-refractivity contribution in [2.24, 2.45) is 0 Å². The molecule has 13 heavy (non-hydrogen) atoms. The molecule has 1 N–H and O–H groups in total. The van der Waals surface area contributed by atoms with Crippen LogP contribution >= 0.6 is 0 Å². The van der Waals surface area contributed by atoms with Crippen LogP contribution in [0.1, 0.15) is 6.92 Å². The Kier molecular flexibility index (Phi) is 4.77. The van der Waals surface area contributed by atoms with E-state index in [9.17, 15) is 9.90 Å². The maximum Gasteiger partial charge on any atom is 0.333 e. The topological polar surface area (TPSA) is 46.5 Å². The first kappa shape index (κ1) is 11.6. The highest BCUT2D eigenvalue weighted by molar-refractivity contribution is 5.87. The fraction of sp³-hybridized carbons (Fsp3) is 0.300. The Labute approximate surface area is 78.0 Å². The molecule has 0 aliphatic rings. The lowest BCUT2D eigenvalue weighted by Gasteiger charge is -2.16. The van der Waals surface area contributed by atoms with Crippen molar-refractivity contribution in [3.8, 4) is 0 Å². The minimum absolute atomic E-state index is 0.281. The smallest absolute Gasteiger partial charge is 0.333 e. The molecule has 0 amide bonds. The summed E-state index contributed by atoms with van der Waals surface area (Å²) in [4.78, 5) is 11.0. The molecule has 0 radical (unpaired) electrons. The van der Waals surface area contributed by atoms with E-state index < -0.39 is 18.2 Å². The molecule has 72 valence electrons. The molecule has 0 bridgehead atoms. The number of aliphatic hydroxyl groups excluding tert-OH is 1. The molecule has 0 aromatic heterocycles. The average Bonchev–Trinajstić information content (AvgIpc) is 2.12. The summed E-state index contributed by atoms with van der Waals surface area (Å²) in [5.74, 6) is -0.550. The van der Waals surface area contributed by atoms with E-state index in [1.165, 1.54) is 19.1 Å². The van der Waals surface area contributed by atoms with Crippen LogP contribution in [0.25, 0.3) is 0 Å². The van der Waals surface area contributed by atoms with Crippen molar-refractivity contribution < 1.29 is 14.6 Å². The fourth-order valence-corrected chi connectivity index (χ4v) is 0.616. The van der Waals surface area contributed by atoms with Crippen LogP contribution in [0.15, 0.2) is 37.5 Å². The molecule has 2 unspecified atom stereocenters. The molecule has 3 nitrogen and oxygen atoms in total. The van der Waals surface area contributed by atoms with Crippen LogP contribution in [0.3, 0.4) is 0 Å². The van der Waals surface area contributed by atoms with Gasteiger partial charge < -0.3 is 9.84 Å². The summed E-state index contributed by atoms with van der Waals surface area (Å²) in [7, 11) is 0. The van der Waals surface area contributed by atoms with E-state index in [1.807, 2.05) is 0 Å². The first-order valence-electron chi connectivity index (χ1n) is 3.82. The van der Waals surface area contributed by atoms with E-state index in [4.69, 9.17) is 4.74 Å². The van der Waals surface area contributed by atoms with Gasteiger partial charge in [-0.05, 0) is 13.0 Å². The lowest BCUT2D eigenvalue weighted by Crippen LogP contribution is -2.27. The van der Waals surface area contributed by atoms with Crippen molar-refractivity contribution in [3.63, 3.8) is 0 Å². The number of rotatable bonds is 5. The number of carbonyl (C=O) groups is 1. The molecule has 0 saturated carbocycles. The van der Waals surface area contributed by atoms with Crippen LogP contribution in [0.2, 0.25) is 0 Å². The standard InChI is InChI=1S/C10H14O3/c1-5-8(11)9(6-2)13-10(12)7(3)4/h5-6,8-9,11H,1-3H2,4H3. The van der Waals surface area contributed by atoms with Crippen molar-refractivity contribution >= 4 is 5.97 Å². The maximum atomic E-state index is 11.0. The summed E-state index contributed by atoms with van der Waals surface area (Å²) in [6.45, 7) is 11.7. The highest BCUT2D eigenvalue weighted by atomic mass is 16.6. The van der Waals surface area contributed by atoms with E-state index in [0.717, 1.165) is 0 Å². The number of ether oxygens (including phenoxy) is 1. The quantitative estimate of drug-likeness (QED) is 0.395. The zero-order valence-electron chi connectivity index (χ0n) is 7.69. The van der Waals surface area contributed by atoms with Crippen LogP contribution in [0, 0.1) is 0 Å². The van der Waals surface area contributed by atoms with Gasteiger partial charge in [0.1, 0.15) is 12.2 Å². The highest BCUT2D eigenvalue weighted by Crippen LogP contribution is 2.05. The lowest BCUT2D eigenvalue weighted by molar-refractivity contribution is -0.145. The largest absolute Gasteiger partial charge is 0.452 e. The zero-order valence-corrected chi connectivity index (χ0v) is 7.69. The predicted molar refractivity (Wildman–Crippen MR) is 51.1 cm³/mol. The first-order valence-corrected chi connectivity index (χ1v) is 3.82. The number of hydrogen-bond donors (Lipinski definition) is 1. The van der Waals surface area contributed by atoms with Crippen molar-refractivity contribution in [2.45, 2.75) is 19.1 Å². The minimum Gasteiger partial charge on any atom is -0.452 e. The molecule has 0 heterocycles. The molecule has 0 aromatic carbocycles. The summed E-state index contributed by atoms with van der Waals surface area (Å²) >= 11 is 0. The van der Waals surface area contributed by atoms with Gasteiger partial charge in [-0.15, -0.1) is 6.58 Å². The number of carbonyl (C=O) groups excluding carboxylic acids is 1. The van der Waals surface area contributed by atoms with Gasteiger partial charge in [0.15, 0.2) is 0 Å². The average molecular weight is 182 g/mol. The van der Waals surface area contributed by atoms with E-state index in [-0.39, 0.29) is 5.57 Å². The Morgan fingerprint density at radius 2 is 2.00 bits per heavy atom. The number of esters is 1. The van der Waals surface area contributed by atoms with Gasteiger partial charge in [0.25, 0.3) is 0 Å². The van der Waals surface area contributed by atoms with Gasteiger partial charge in [-0.3, -0.25) is 0 Å². The predicted octanol–water partition coefficient (Wildman–Crippen LogP) is 1.21. The van der Waals surface area contributed by atoms with Gasteiger partial charge in [0, 0.05) is 5.57 Å².